The van der Waals surface area contributed by atoms with Crippen LogP contribution in [0.15, 0.2) is 11.6 Å². The predicted molar refractivity (Wildman–Crippen MR) is 31.0 cm³/mol. The molecular weight excluding hydrogens is 86.1 g/mol. The van der Waals surface area contributed by atoms with Gasteiger partial charge in [-0.3, -0.25) is 0 Å². The summed E-state index contributed by atoms with van der Waals surface area (Å²) in [5.74, 6) is 0. The molecule has 0 heterocycles. The molecule has 1 unspecified atom stereocenters. The summed E-state index contributed by atoms with van der Waals surface area (Å²) in [7, 11) is 0. The molecular formula is C6H11N. The van der Waals surface area contributed by atoms with Crippen LogP contribution in [0, 0.1) is 0 Å². The number of rotatable bonds is 0. The molecule has 0 amide bonds. The van der Waals surface area contributed by atoms with E-state index in [2.05, 4.69) is 13.0 Å². The van der Waals surface area contributed by atoms with Crippen LogP contribution >= 0.6 is 0 Å². The Balaban J connectivity index is 2.50. The normalized spacial score (nSPS) is 30.6. The number of nitrogens with two attached hydrogens (primary N) is 1. The van der Waals surface area contributed by atoms with Crippen LogP contribution in [-0.2, 0) is 0 Å². The molecule has 0 aromatic carbocycles. The molecule has 0 aromatic heterocycles. The van der Waals surface area contributed by atoms with Crippen molar-refractivity contribution in [2.24, 2.45) is 5.73 Å². The van der Waals surface area contributed by atoms with Gasteiger partial charge in [0.1, 0.15) is 0 Å². The van der Waals surface area contributed by atoms with Crippen LogP contribution in [0.4, 0.5) is 0 Å². The highest BCUT2D eigenvalue weighted by molar-refractivity contribution is 5.09. The van der Waals surface area contributed by atoms with Crippen LogP contribution in [0.3, 0.4) is 0 Å². The molecule has 1 nitrogen and oxygen atoms in total. The van der Waals surface area contributed by atoms with E-state index in [0.717, 1.165) is 6.42 Å². The van der Waals surface area contributed by atoms with Gasteiger partial charge in [0.2, 0.25) is 0 Å². The smallest absolute Gasteiger partial charge is 0.0229 e. The van der Waals surface area contributed by atoms with Crippen molar-refractivity contribution >= 4 is 0 Å². The number of allylic oxidation sites excluding steroid dienone is 1. The molecule has 1 heteroatoms. The van der Waals surface area contributed by atoms with Gasteiger partial charge in [-0.15, -0.1) is 0 Å². The van der Waals surface area contributed by atoms with Crippen LogP contribution in [-0.4, -0.2) is 6.04 Å². The Labute approximate surface area is 44.2 Å². The molecule has 0 bridgehead atoms. The Morgan fingerprint density at radius 3 is 2.71 bits per heavy atom. The van der Waals surface area contributed by atoms with E-state index in [-0.39, 0.29) is 0 Å². The van der Waals surface area contributed by atoms with Gasteiger partial charge in [-0.05, 0) is 19.8 Å². The van der Waals surface area contributed by atoms with Crippen LogP contribution in [0.1, 0.15) is 19.8 Å². The third-order valence-electron chi connectivity index (χ3n) is 1.37. The zero-order valence-electron chi connectivity index (χ0n) is 4.65. The van der Waals surface area contributed by atoms with E-state index in [4.69, 9.17) is 5.73 Å². The van der Waals surface area contributed by atoms with E-state index in [9.17, 15) is 0 Å². The SMILES string of the molecule is CC1=CC(N)CC1. The molecule has 1 atom stereocenters. The van der Waals surface area contributed by atoms with E-state index in [0.29, 0.717) is 6.04 Å². The molecule has 2 N–H and O–H groups in total. The first-order chi connectivity index (χ1) is 3.29. The van der Waals surface area contributed by atoms with E-state index >= 15 is 0 Å². The molecule has 1 aliphatic rings. The molecule has 0 fully saturated rings. The zero-order chi connectivity index (χ0) is 5.28. The molecule has 40 valence electrons. The molecule has 1 rings (SSSR count). The summed E-state index contributed by atoms with van der Waals surface area (Å²) in [5, 5.41) is 0. The van der Waals surface area contributed by atoms with E-state index < -0.39 is 0 Å². The van der Waals surface area contributed by atoms with Crippen molar-refractivity contribution in [3.63, 3.8) is 0 Å². The maximum absolute atomic E-state index is 5.55. The second-order valence-corrected chi connectivity index (χ2v) is 2.22. The lowest BCUT2D eigenvalue weighted by atomic mass is 10.3. The highest BCUT2D eigenvalue weighted by atomic mass is 14.6. The van der Waals surface area contributed by atoms with Crippen LogP contribution in [0.5, 0.6) is 0 Å². The second kappa shape index (κ2) is 1.66. The van der Waals surface area contributed by atoms with Gasteiger partial charge in [-0.2, -0.15) is 0 Å². The lowest BCUT2D eigenvalue weighted by Crippen LogP contribution is -2.11. The van der Waals surface area contributed by atoms with Gasteiger partial charge in [0.15, 0.2) is 0 Å². The van der Waals surface area contributed by atoms with Crippen LogP contribution in [0.25, 0.3) is 0 Å². The lowest BCUT2D eigenvalue weighted by molar-refractivity contribution is 0.774. The quantitative estimate of drug-likeness (QED) is 0.449. The minimum Gasteiger partial charge on any atom is -0.324 e. The Bertz CT molecular complexity index is 94.4. The van der Waals surface area contributed by atoms with Crippen molar-refractivity contribution in [2.75, 3.05) is 0 Å². The molecule has 0 saturated heterocycles. The van der Waals surface area contributed by atoms with E-state index in [1.165, 1.54) is 12.0 Å². The minimum atomic E-state index is 0.361. The van der Waals surface area contributed by atoms with Gasteiger partial charge in [-0.1, -0.05) is 11.6 Å². The van der Waals surface area contributed by atoms with Crippen molar-refractivity contribution in [1.82, 2.24) is 0 Å². The fourth-order valence-corrected chi connectivity index (χ4v) is 0.926. The van der Waals surface area contributed by atoms with E-state index in [1.54, 1.807) is 0 Å². The number of hydrogen-bond donors (Lipinski definition) is 1. The standard InChI is InChI=1S/C6H11N/c1-5-2-3-6(7)4-5/h4,6H,2-3,7H2,1H3. The maximum Gasteiger partial charge on any atom is 0.0229 e. The van der Waals surface area contributed by atoms with Gasteiger partial charge >= 0.3 is 0 Å². The zero-order valence-corrected chi connectivity index (χ0v) is 4.65. The summed E-state index contributed by atoms with van der Waals surface area (Å²) in [5.41, 5.74) is 7.00. The lowest BCUT2D eigenvalue weighted by Gasteiger charge is -1.90. The number of hydrogen-bond acceptors (Lipinski definition) is 1. The van der Waals surface area contributed by atoms with Gasteiger partial charge in [0, 0.05) is 6.04 Å². The average Bonchev–Trinajstić information content (AvgIpc) is 1.87. The highest BCUT2D eigenvalue weighted by Gasteiger charge is 2.05. The van der Waals surface area contributed by atoms with Crippen LogP contribution in [0.2, 0.25) is 0 Å². The van der Waals surface area contributed by atoms with Crippen molar-refractivity contribution in [3.8, 4) is 0 Å². The monoisotopic (exact) mass is 97.1 g/mol. The molecule has 7 heavy (non-hydrogen) atoms. The van der Waals surface area contributed by atoms with Gasteiger partial charge in [0.05, 0.1) is 0 Å². The summed E-state index contributed by atoms with van der Waals surface area (Å²) < 4.78 is 0. The van der Waals surface area contributed by atoms with Crippen molar-refractivity contribution in [2.45, 2.75) is 25.8 Å². The minimum absolute atomic E-state index is 0.361. The summed E-state index contributed by atoms with van der Waals surface area (Å²) >= 11 is 0. The highest BCUT2D eigenvalue weighted by Crippen LogP contribution is 2.14. The Morgan fingerprint density at radius 2 is 2.57 bits per heavy atom. The molecule has 0 saturated carbocycles. The molecule has 0 radical (unpaired) electrons. The van der Waals surface area contributed by atoms with Crippen molar-refractivity contribution in [1.29, 1.82) is 0 Å². The molecule has 0 aliphatic heterocycles. The predicted octanol–water partition coefficient (Wildman–Crippen LogP) is 1.05. The third-order valence-corrected chi connectivity index (χ3v) is 1.37. The summed E-state index contributed by atoms with van der Waals surface area (Å²) in [4.78, 5) is 0. The van der Waals surface area contributed by atoms with Gasteiger partial charge in [-0.25, -0.2) is 0 Å². The summed E-state index contributed by atoms with van der Waals surface area (Å²) in [6.45, 7) is 2.13. The topological polar surface area (TPSA) is 26.0 Å². The summed E-state index contributed by atoms with van der Waals surface area (Å²) in [6, 6.07) is 0.361. The van der Waals surface area contributed by atoms with Gasteiger partial charge < -0.3 is 5.73 Å². The Hall–Kier alpha value is -0.300. The Kier molecular flexibility index (Phi) is 1.15. The second-order valence-electron chi connectivity index (χ2n) is 2.22. The fourth-order valence-electron chi connectivity index (χ4n) is 0.926. The first kappa shape index (κ1) is 4.85. The summed E-state index contributed by atoms with van der Waals surface area (Å²) in [6.07, 6.45) is 4.51. The van der Waals surface area contributed by atoms with Crippen LogP contribution < -0.4 is 5.73 Å². The molecule has 0 aromatic rings. The fraction of sp³-hybridized carbons (Fsp3) is 0.667. The van der Waals surface area contributed by atoms with Crippen molar-refractivity contribution < 1.29 is 0 Å². The maximum atomic E-state index is 5.55. The van der Waals surface area contributed by atoms with Crippen molar-refractivity contribution in [3.05, 3.63) is 11.6 Å². The van der Waals surface area contributed by atoms with Gasteiger partial charge in [0.25, 0.3) is 0 Å². The Morgan fingerprint density at radius 1 is 1.86 bits per heavy atom. The largest absolute Gasteiger partial charge is 0.324 e. The first-order valence-corrected chi connectivity index (χ1v) is 2.72. The van der Waals surface area contributed by atoms with E-state index in [1.807, 2.05) is 0 Å². The first-order valence-electron chi connectivity index (χ1n) is 2.72. The average molecular weight is 97.2 g/mol. The molecule has 0 spiro atoms. The third kappa shape index (κ3) is 1.03. The molecule has 1 aliphatic carbocycles.